The third kappa shape index (κ3) is 22.8. The van der Waals surface area contributed by atoms with Crippen molar-refractivity contribution in [2.24, 2.45) is 40.3 Å². The number of aliphatic hydroxyl groups is 2. The van der Waals surface area contributed by atoms with E-state index in [-0.39, 0.29) is 57.7 Å². The second-order valence-electron chi connectivity index (χ2n) is 20.8. The van der Waals surface area contributed by atoms with Crippen molar-refractivity contribution in [2.75, 3.05) is 32.7 Å². The van der Waals surface area contributed by atoms with Crippen LogP contribution in [0.3, 0.4) is 0 Å². The standard InChI is InChI=1S/C52H89N17O14/c1-25(2)23-36-47(78)62-32(13-18-53)44(75)61-34(15-20-55)46(77)68-40(30(7)71)52(83)69(38(17-22-57)49(80)63-33(14-19-54)45(76)66-37(48(79)65-36)24-31-11-9-8-10-12-31)51(82)35(16-21-56)64-50(81)39(29(6)70)67-43(74)28(5)60-42(73)27(4)59-41(72)26(3)58/h8-12,25-30,32-40,70-71H,13-24,53-58H2,1-7H3,(H,59,72)(H,60,73)(H,61,75)(H,62,78)(H,63,80)(H,64,81)(H,65,79)(H,66,76)(H,67,74)(H,68,77)/t26-,27-,28-,29+,30+,32-,33-,34-,35-,36-,37+,38-,39-,40-/m0/s1. The van der Waals surface area contributed by atoms with Crippen molar-refractivity contribution >= 4 is 70.9 Å². The van der Waals surface area contributed by atoms with Crippen molar-refractivity contribution in [2.45, 2.75) is 178 Å². The van der Waals surface area contributed by atoms with E-state index in [1.54, 1.807) is 44.2 Å². The van der Waals surface area contributed by atoms with Gasteiger partial charge in [0.05, 0.1) is 18.2 Å². The zero-order valence-corrected chi connectivity index (χ0v) is 48.2. The Morgan fingerprint density at radius 3 is 1.42 bits per heavy atom. The van der Waals surface area contributed by atoms with Gasteiger partial charge in [-0.05, 0) is 117 Å². The molecule has 0 spiro atoms. The van der Waals surface area contributed by atoms with E-state index < -0.39 is 182 Å². The minimum Gasteiger partial charge on any atom is -0.391 e. The number of amides is 12. The van der Waals surface area contributed by atoms with E-state index in [4.69, 9.17) is 34.4 Å². The fraction of sp³-hybridized carbons (Fsp3) is 0.654. The molecule has 1 aliphatic heterocycles. The Morgan fingerprint density at radius 2 is 0.964 bits per heavy atom. The van der Waals surface area contributed by atoms with Gasteiger partial charge in [0.25, 0.3) is 11.8 Å². The lowest BCUT2D eigenvalue weighted by Gasteiger charge is -2.36. The van der Waals surface area contributed by atoms with Gasteiger partial charge in [-0.1, -0.05) is 44.2 Å². The summed E-state index contributed by atoms with van der Waals surface area (Å²) < 4.78 is 0. The van der Waals surface area contributed by atoms with E-state index in [0.717, 1.165) is 13.8 Å². The molecule has 1 fully saturated rings. The van der Waals surface area contributed by atoms with Crippen molar-refractivity contribution in [1.82, 2.24) is 58.1 Å². The summed E-state index contributed by atoms with van der Waals surface area (Å²) >= 11 is 0. The number of nitrogens with one attached hydrogen (secondary N) is 10. The van der Waals surface area contributed by atoms with E-state index in [2.05, 4.69) is 53.2 Å². The summed E-state index contributed by atoms with van der Waals surface area (Å²) in [6.07, 6.45) is -5.74. The van der Waals surface area contributed by atoms with E-state index in [0.29, 0.717) is 10.5 Å². The van der Waals surface area contributed by atoms with Crippen LogP contribution in [-0.4, -0.2) is 203 Å². The summed E-state index contributed by atoms with van der Waals surface area (Å²) in [7, 11) is 0. The van der Waals surface area contributed by atoms with E-state index in [9.17, 15) is 58.2 Å². The minimum absolute atomic E-state index is 0.0319. The fourth-order valence-corrected chi connectivity index (χ4v) is 8.52. The average molecular weight is 1180 g/mol. The van der Waals surface area contributed by atoms with Crippen LogP contribution >= 0.6 is 0 Å². The summed E-state index contributed by atoms with van der Waals surface area (Å²) in [5, 5.41) is 46.7. The maximum Gasteiger partial charge on any atom is 0.255 e. The monoisotopic (exact) mass is 1180 g/mol. The van der Waals surface area contributed by atoms with Gasteiger partial charge in [-0.3, -0.25) is 62.4 Å². The van der Waals surface area contributed by atoms with Gasteiger partial charge in [-0.15, -0.1) is 0 Å². The maximum atomic E-state index is 15.2. The summed E-state index contributed by atoms with van der Waals surface area (Å²) in [5.74, 6) is -13.0. The topological polar surface area (TPSA) is 525 Å². The third-order valence-electron chi connectivity index (χ3n) is 13.1. The molecule has 0 radical (unpaired) electrons. The highest BCUT2D eigenvalue weighted by Gasteiger charge is 2.45. The molecular weight excluding hydrogens is 1090 g/mol. The van der Waals surface area contributed by atoms with Gasteiger partial charge in [0.1, 0.15) is 66.5 Å². The zero-order chi connectivity index (χ0) is 62.8. The lowest BCUT2D eigenvalue weighted by molar-refractivity contribution is -0.158. The van der Waals surface area contributed by atoms with Crippen LogP contribution in [-0.2, 0) is 64.0 Å². The normalized spacial score (nSPS) is 23.3. The van der Waals surface area contributed by atoms with Crippen molar-refractivity contribution < 1.29 is 67.7 Å². The highest BCUT2D eigenvalue weighted by molar-refractivity contribution is 6.07. The molecular formula is C52H89N17O14. The number of carbonyl (C=O) groups is 12. The van der Waals surface area contributed by atoms with Gasteiger partial charge in [-0.2, -0.15) is 0 Å². The van der Waals surface area contributed by atoms with Crippen LogP contribution in [0.15, 0.2) is 30.3 Å². The predicted molar refractivity (Wildman–Crippen MR) is 301 cm³/mol. The maximum absolute atomic E-state index is 15.2. The number of imide groups is 1. The zero-order valence-electron chi connectivity index (χ0n) is 48.2. The first-order valence-corrected chi connectivity index (χ1v) is 27.6. The fourth-order valence-electron chi connectivity index (χ4n) is 8.52. The molecule has 1 aromatic rings. The lowest BCUT2D eigenvalue weighted by atomic mass is 10.00. The number of nitrogens with two attached hydrogens (primary N) is 6. The summed E-state index contributed by atoms with van der Waals surface area (Å²) in [6.45, 7) is 8.03. The molecule has 83 heavy (non-hydrogen) atoms. The van der Waals surface area contributed by atoms with Crippen molar-refractivity contribution in [1.29, 1.82) is 0 Å². The van der Waals surface area contributed by atoms with Gasteiger partial charge in [-0.25, -0.2) is 0 Å². The first-order valence-electron chi connectivity index (χ1n) is 27.6. The van der Waals surface area contributed by atoms with Crippen molar-refractivity contribution in [3.63, 3.8) is 0 Å². The Kier molecular flexibility index (Phi) is 30.9. The summed E-state index contributed by atoms with van der Waals surface area (Å²) in [4.78, 5) is 170. The van der Waals surface area contributed by atoms with Crippen LogP contribution in [0.4, 0.5) is 0 Å². The van der Waals surface area contributed by atoms with Crippen LogP contribution in [0, 0.1) is 5.92 Å². The van der Waals surface area contributed by atoms with Gasteiger partial charge in [0.2, 0.25) is 59.1 Å². The summed E-state index contributed by atoms with van der Waals surface area (Å²) in [5.41, 5.74) is 35.8. The second kappa shape index (κ2) is 35.7. The number of carbonyl (C=O) groups excluding carboxylic acids is 12. The molecule has 1 aromatic carbocycles. The Labute approximate surface area is 482 Å². The van der Waals surface area contributed by atoms with Crippen LogP contribution in [0.1, 0.15) is 92.6 Å². The molecule has 2 rings (SSSR count). The predicted octanol–water partition coefficient (Wildman–Crippen LogP) is -8.25. The molecule has 24 N–H and O–H groups in total. The van der Waals surface area contributed by atoms with E-state index in [1.165, 1.54) is 20.8 Å². The number of rotatable bonds is 25. The molecule has 1 aliphatic rings. The quantitative estimate of drug-likeness (QED) is 0.0432. The van der Waals surface area contributed by atoms with Crippen molar-refractivity contribution in [3.05, 3.63) is 35.9 Å². The highest BCUT2D eigenvalue weighted by atomic mass is 16.3. The summed E-state index contributed by atoms with van der Waals surface area (Å²) in [6, 6.07) is -10.6. The molecule has 0 unspecified atom stereocenters. The van der Waals surface area contributed by atoms with Gasteiger partial charge in [0.15, 0.2) is 0 Å². The van der Waals surface area contributed by atoms with Crippen LogP contribution in [0.5, 0.6) is 0 Å². The first kappa shape index (κ1) is 71.8. The smallest absolute Gasteiger partial charge is 0.255 e. The van der Waals surface area contributed by atoms with Gasteiger partial charge < -0.3 is 97.8 Å². The molecule has 31 heteroatoms. The molecule has 1 heterocycles. The molecule has 466 valence electrons. The number of hydrogen-bond donors (Lipinski definition) is 18. The molecule has 0 saturated carbocycles. The molecule has 12 amide bonds. The Balaban J connectivity index is 2.92. The molecule has 1 saturated heterocycles. The third-order valence-corrected chi connectivity index (χ3v) is 13.1. The lowest BCUT2D eigenvalue weighted by Crippen LogP contribution is -2.66. The molecule has 14 atom stereocenters. The Bertz CT molecular complexity index is 2380. The van der Waals surface area contributed by atoms with Crippen LogP contribution in [0.25, 0.3) is 0 Å². The van der Waals surface area contributed by atoms with Gasteiger partial charge >= 0.3 is 0 Å². The van der Waals surface area contributed by atoms with Crippen LogP contribution in [0.2, 0.25) is 0 Å². The molecule has 0 bridgehead atoms. The van der Waals surface area contributed by atoms with Crippen LogP contribution < -0.4 is 87.6 Å². The number of hydrogen-bond acceptors (Lipinski definition) is 20. The molecule has 0 aliphatic carbocycles. The van der Waals surface area contributed by atoms with Gasteiger partial charge in [0, 0.05) is 6.42 Å². The first-order chi connectivity index (χ1) is 39.1. The number of nitrogens with zero attached hydrogens (tertiary/aromatic N) is 1. The second-order valence-corrected chi connectivity index (χ2v) is 20.8. The average Bonchev–Trinajstić information content (AvgIpc) is 3.41. The molecule has 31 nitrogen and oxygen atoms in total. The van der Waals surface area contributed by atoms with Crippen molar-refractivity contribution in [3.8, 4) is 0 Å². The largest absolute Gasteiger partial charge is 0.391 e. The Morgan fingerprint density at radius 1 is 0.530 bits per heavy atom. The SMILES string of the molecule is CC(C)C[C@@H]1NC(=O)[C@@H](Cc2ccccc2)NC(=O)[C@H](CCN)NC(=O)[C@H](CCN)N(C(=O)[C@H](CCN)NC(=O)[C@@H](NC(=O)[C@H](C)NC(=O)[C@H](C)NC(=O)[C@H](C)N)[C@@H](C)O)C(=O)[C@H]([C@@H](C)O)NC(=O)[C@H](CCN)NC(=O)[C@H](CCN)NC1=O. The highest BCUT2D eigenvalue weighted by Crippen LogP contribution is 2.17. The number of benzene rings is 1. The Hall–Kier alpha value is -7.26. The number of aliphatic hydroxyl groups excluding tert-OH is 2. The van der Waals surface area contributed by atoms with E-state index >= 15 is 9.59 Å². The molecule has 0 aromatic heterocycles. The minimum atomic E-state index is -2.17. The van der Waals surface area contributed by atoms with E-state index in [1.807, 2.05) is 0 Å².